The lowest BCUT2D eigenvalue weighted by atomic mass is 9.84. The molecule has 1 atom stereocenters. The molecule has 108 valence electrons. The van der Waals surface area contributed by atoms with Gasteiger partial charge in [-0.15, -0.1) is 0 Å². The van der Waals surface area contributed by atoms with Gasteiger partial charge < -0.3 is 4.74 Å². The highest BCUT2D eigenvalue weighted by Crippen LogP contribution is 2.43. The molecular weight excluding hydrogens is 266 g/mol. The van der Waals surface area contributed by atoms with Crippen molar-refractivity contribution < 1.29 is 23.1 Å². The molecule has 0 bridgehead atoms. The molecule has 0 aliphatic heterocycles. The number of carbonyl (C=O) groups excluding carboxylic acids is 2. The topological polar surface area (TPSA) is 43.4 Å². The summed E-state index contributed by atoms with van der Waals surface area (Å²) in [5.74, 6) is -1.98. The van der Waals surface area contributed by atoms with E-state index in [-0.39, 0.29) is 12.0 Å². The fraction of sp³-hybridized carbons (Fsp3) is 0.467. The van der Waals surface area contributed by atoms with Crippen molar-refractivity contribution in [2.75, 3.05) is 0 Å². The second kappa shape index (κ2) is 4.96. The number of fused-ring (bicyclic) bond motifs is 1. The summed E-state index contributed by atoms with van der Waals surface area (Å²) in [4.78, 5) is 24.4. The third-order valence-electron chi connectivity index (χ3n) is 3.46. The van der Waals surface area contributed by atoms with Crippen LogP contribution in [0.3, 0.4) is 0 Å². The Kier molecular flexibility index (Phi) is 3.63. The molecule has 0 spiro atoms. The summed E-state index contributed by atoms with van der Waals surface area (Å²) in [6, 6.07) is 4.84. The van der Waals surface area contributed by atoms with Crippen molar-refractivity contribution in [2.24, 2.45) is 5.41 Å². The van der Waals surface area contributed by atoms with Crippen LogP contribution in [0.25, 0.3) is 0 Å². The first-order chi connectivity index (χ1) is 9.29. The van der Waals surface area contributed by atoms with E-state index in [1.807, 2.05) is 0 Å². The minimum absolute atomic E-state index is 0.191. The van der Waals surface area contributed by atoms with Crippen LogP contribution in [-0.4, -0.2) is 24.3 Å². The number of halogens is 2. The second-order valence-electron chi connectivity index (χ2n) is 5.39. The van der Waals surface area contributed by atoms with E-state index in [1.54, 1.807) is 32.9 Å². The molecule has 0 aromatic heterocycles. The number of esters is 1. The number of Topliss-reactive ketones (excluding diaryl/α,β-unsaturated/α-hetero) is 1. The molecule has 2 rings (SSSR count). The number of benzene rings is 1. The molecule has 20 heavy (non-hydrogen) atoms. The van der Waals surface area contributed by atoms with Gasteiger partial charge in [0.2, 0.25) is 0 Å². The molecular formula is C15H16F2O3. The number of carbonyl (C=O) groups is 2. The van der Waals surface area contributed by atoms with E-state index in [1.165, 1.54) is 6.07 Å². The van der Waals surface area contributed by atoms with Crippen molar-refractivity contribution in [3.63, 3.8) is 0 Å². The van der Waals surface area contributed by atoms with Crippen LogP contribution in [-0.2, 0) is 16.0 Å². The van der Waals surface area contributed by atoms with Gasteiger partial charge in [-0.2, -0.15) is 0 Å². The molecule has 1 aromatic rings. The Labute approximate surface area is 115 Å². The maximum Gasteiger partial charge on any atom is 0.326 e. The van der Waals surface area contributed by atoms with E-state index in [0.717, 1.165) is 5.56 Å². The Bertz CT molecular complexity index is 566. The summed E-state index contributed by atoms with van der Waals surface area (Å²) in [5.41, 5.74) is -0.855. The number of hydrogen-bond donors (Lipinski definition) is 0. The Balaban J connectivity index is 2.48. The zero-order chi connectivity index (χ0) is 15.1. The molecule has 1 unspecified atom stereocenters. The largest absolute Gasteiger partial charge is 0.462 e. The molecule has 0 heterocycles. The SMILES string of the molecule is Cc1ccc2c(c1)CC(C(=O)OC(C)C)(C(F)F)C2=O. The van der Waals surface area contributed by atoms with Crippen LogP contribution < -0.4 is 0 Å². The van der Waals surface area contributed by atoms with Gasteiger partial charge in [0.1, 0.15) is 0 Å². The van der Waals surface area contributed by atoms with E-state index in [0.29, 0.717) is 5.56 Å². The first-order valence-electron chi connectivity index (χ1n) is 6.42. The summed E-state index contributed by atoms with van der Waals surface area (Å²) in [6.45, 7) is 4.93. The van der Waals surface area contributed by atoms with Crippen molar-refractivity contribution in [3.05, 3.63) is 34.9 Å². The first-order valence-corrected chi connectivity index (χ1v) is 6.42. The number of ketones is 1. The molecule has 0 N–H and O–H groups in total. The summed E-state index contributed by atoms with van der Waals surface area (Å²) in [7, 11) is 0. The Morgan fingerprint density at radius 1 is 1.35 bits per heavy atom. The van der Waals surface area contributed by atoms with E-state index in [9.17, 15) is 18.4 Å². The fourth-order valence-corrected chi connectivity index (χ4v) is 2.46. The van der Waals surface area contributed by atoms with E-state index in [4.69, 9.17) is 4.74 Å². The van der Waals surface area contributed by atoms with Crippen molar-refractivity contribution >= 4 is 11.8 Å². The molecule has 5 heteroatoms. The number of rotatable bonds is 3. The third kappa shape index (κ3) is 2.11. The molecule has 0 fully saturated rings. The van der Waals surface area contributed by atoms with E-state index in [2.05, 4.69) is 0 Å². The average Bonchev–Trinajstić information content (AvgIpc) is 2.62. The standard InChI is InChI=1S/C15H16F2O3/c1-8(2)20-14(19)15(13(16)17)7-10-6-9(3)4-5-11(10)12(15)18/h4-6,8,13H,7H2,1-3H3. The quantitative estimate of drug-likeness (QED) is 0.632. The summed E-state index contributed by atoms with van der Waals surface area (Å²) < 4.78 is 31.9. The highest BCUT2D eigenvalue weighted by atomic mass is 19.3. The van der Waals surface area contributed by atoms with Gasteiger partial charge in [0.15, 0.2) is 11.2 Å². The van der Waals surface area contributed by atoms with Crippen molar-refractivity contribution in [1.82, 2.24) is 0 Å². The molecule has 3 nitrogen and oxygen atoms in total. The predicted octanol–water partition coefficient (Wildman–Crippen LogP) is 2.94. The van der Waals surface area contributed by atoms with Gasteiger partial charge in [0.05, 0.1) is 6.10 Å². The molecule has 0 radical (unpaired) electrons. The van der Waals surface area contributed by atoms with Gasteiger partial charge in [0, 0.05) is 12.0 Å². The third-order valence-corrected chi connectivity index (χ3v) is 3.46. The smallest absolute Gasteiger partial charge is 0.326 e. The molecule has 1 aliphatic carbocycles. The number of alkyl halides is 2. The van der Waals surface area contributed by atoms with Crippen LogP contribution in [0.2, 0.25) is 0 Å². The van der Waals surface area contributed by atoms with Crippen molar-refractivity contribution in [3.8, 4) is 0 Å². The number of aryl methyl sites for hydroxylation is 1. The van der Waals surface area contributed by atoms with Crippen LogP contribution in [0.15, 0.2) is 18.2 Å². The molecule has 1 aliphatic rings. The minimum Gasteiger partial charge on any atom is -0.462 e. The monoisotopic (exact) mass is 282 g/mol. The Hall–Kier alpha value is -1.78. The summed E-state index contributed by atoms with van der Waals surface area (Å²) in [5, 5.41) is 0. The van der Waals surface area contributed by atoms with Crippen molar-refractivity contribution in [2.45, 2.75) is 39.7 Å². The van der Waals surface area contributed by atoms with E-state index < -0.39 is 29.7 Å². The van der Waals surface area contributed by atoms with Gasteiger partial charge in [-0.3, -0.25) is 9.59 Å². The van der Waals surface area contributed by atoms with Crippen LogP contribution in [0.5, 0.6) is 0 Å². The highest BCUT2D eigenvalue weighted by Gasteiger charge is 2.59. The van der Waals surface area contributed by atoms with Gasteiger partial charge in [0.25, 0.3) is 6.43 Å². The van der Waals surface area contributed by atoms with Gasteiger partial charge in [-0.25, -0.2) is 8.78 Å². The summed E-state index contributed by atoms with van der Waals surface area (Å²) in [6.07, 6.45) is -3.93. The van der Waals surface area contributed by atoms with Gasteiger partial charge in [-0.05, 0) is 26.3 Å². The average molecular weight is 282 g/mol. The predicted molar refractivity (Wildman–Crippen MR) is 68.9 cm³/mol. The summed E-state index contributed by atoms with van der Waals surface area (Å²) >= 11 is 0. The lowest BCUT2D eigenvalue weighted by Gasteiger charge is -2.25. The Morgan fingerprint density at radius 2 is 2.00 bits per heavy atom. The first kappa shape index (κ1) is 14.6. The lowest BCUT2D eigenvalue weighted by molar-refractivity contribution is -0.164. The van der Waals surface area contributed by atoms with Crippen LogP contribution >= 0.6 is 0 Å². The van der Waals surface area contributed by atoms with Crippen LogP contribution in [0.4, 0.5) is 8.78 Å². The maximum atomic E-state index is 13.5. The van der Waals surface area contributed by atoms with E-state index >= 15 is 0 Å². The maximum absolute atomic E-state index is 13.5. The second-order valence-corrected chi connectivity index (χ2v) is 5.39. The minimum atomic E-state index is -3.09. The fourth-order valence-electron chi connectivity index (χ4n) is 2.46. The zero-order valence-corrected chi connectivity index (χ0v) is 11.6. The van der Waals surface area contributed by atoms with Gasteiger partial charge >= 0.3 is 5.97 Å². The Morgan fingerprint density at radius 3 is 2.55 bits per heavy atom. The lowest BCUT2D eigenvalue weighted by Crippen LogP contribution is -2.45. The highest BCUT2D eigenvalue weighted by molar-refractivity contribution is 6.16. The normalized spacial score (nSPS) is 21.4. The van der Waals surface area contributed by atoms with Crippen LogP contribution in [0.1, 0.15) is 35.3 Å². The number of ether oxygens (including phenoxy) is 1. The molecule has 0 amide bonds. The zero-order valence-electron chi connectivity index (χ0n) is 11.6. The molecule has 0 saturated heterocycles. The van der Waals surface area contributed by atoms with Crippen molar-refractivity contribution in [1.29, 1.82) is 0 Å². The molecule has 1 aromatic carbocycles. The van der Waals surface area contributed by atoms with Gasteiger partial charge in [-0.1, -0.05) is 23.8 Å². The number of hydrogen-bond acceptors (Lipinski definition) is 3. The molecule has 0 saturated carbocycles. The van der Waals surface area contributed by atoms with Crippen LogP contribution in [0, 0.1) is 12.3 Å².